The minimum atomic E-state index is -0.913. The number of carboxylic acid groups (broad SMARTS) is 1. The van der Waals surface area contributed by atoms with Crippen molar-refractivity contribution in [1.82, 2.24) is 4.90 Å². The van der Waals surface area contributed by atoms with Crippen molar-refractivity contribution >= 4 is 27.8 Å². The molecule has 1 aliphatic heterocycles. The minimum Gasteiger partial charge on any atom is -0.481 e. The number of carboxylic acids is 1. The summed E-state index contributed by atoms with van der Waals surface area (Å²) in [6.45, 7) is 2.14. The second kappa shape index (κ2) is 4.92. The van der Waals surface area contributed by atoms with Crippen molar-refractivity contribution in [2.45, 2.75) is 13.3 Å². The van der Waals surface area contributed by atoms with Crippen LogP contribution < -0.4 is 0 Å². The summed E-state index contributed by atoms with van der Waals surface area (Å²) in [5, 5.41) is 9.12. The topological polar surface area (TPSA) is 57.6 Å². The van der Waals surface area contributed by atoms with E-state index in [0.29, 0.717) is 17.4 Å². The van der Waals surface area contributed by atoms with Gasteiger partial charge in [0.1, 0.15) is 5.82 Å². The number of aliphatic carboxylic acids is 1. The van der Waals surface area contributed by atoms with Gasteiger partial charge in [-0.3, -0.25) is 9.59 Å². The molecule has 2 rings (SSSR count). The highest BCUT2D eigenvalue weighted by molar-refractivity contribution is 9.10. The molecule has 0 aromatic heterocycles. The molecule has 0 radical (unpaired) electrons. The summed E-state index contributed by atoms with van der Waals surface area (Å²) in [4.78, 5) is 24.7. The predicted octanol–water partition coefficient (Wildman–Crippen LogP) is 2.53. The molecular formula is C13H13BrFNO3. The molecule has 102 valence electrons. The lowest BCUT2D eigenvalue weighted by atomic mass is 9.90. The van der Waals surface area contributed by atoms with E-state index < -0.39 is 17.2 Å². The summed E-state index contributed by atoms with van der Waals surface area (Å²) in [6, 6.07) is 4.14. The van der Waals surface area contributed by atoms with Crippen molar-refractivity contribution in [2.24, 2.45) is 5.41 Å². The molecule has 1 aromatic carbocycles. The summed E-state index contributed by atoms with van der Waals surface area (Å²) >= 11 is 3.02. The van der Waals surface area contributed by atoms with E-state index >= 15 is 0 Å². The van der Waals surface area contributed by atoms with Crippen LogP contribution >= 0.6 is 15.9 Å². The van der Waals surface area contributed by atoms with Crippen LogP contribution in [-0.2, 0) is 4.79 Å². The van der Waals surface area contributed by atoms with Crippen LogP contribution in [0.5, 0.6) is 0 Å². The fourth-order valence-corrected chi connectivity index (χ4v) is 2.37. The van der Waals surface area contributed by atoms with Gasteiger partial charge in [-0.2, -0.15) is 0 Å². The van der Waals surface area contributed by atoms with Crippen LogP contribution in [-0.4, -0.2) is 35.0 Å². The highest BCUT2D eigenvalue weighted by atomic mass is 79.9. The first-order valence-corrected chi connectivity index (χ1v) is 6.60. The van der Waals surface area contributed by atoms with Gasteiger partial charge in [-0.1, -0.05) is 0 Å². The lowest BCUT2D eigenvalue weighted by Crippen LogP contribution is -2.34. The number of halogens is 2. The number of carbonyl (C=O) groups is 2. The molecule has 4 nitrogen and oxygen atoms in total. The van der Waals surface area contributed by atoms with Crippen LogP contribution in [0.2, 0.25) is 0 Å². The summed E-state index contributed by atoms with van der Waals surface area (Å²) in [5.74, 6) is -1.76. The van der Waals surface area contributed by atoms with Gasteiger partial charge in [0, 0.05) is 18.7 Å². The molecule has 1 fully saturated rings. The Morgan fingerprint density at radius 3 is 2.68 bits per heavy atom. The Labute approximate surface area is 118 Å². The van der Waals surface area contributed by atoms with Crippen LogP contribution in [0.3, 0.4) is 0 Å². The zero-order chi connectivity index (χ0) is 14.2. The van der Waals surface area contributed by atoms with Gasteiger partial charge in [-0.25, -0.2) is 4.39 Å². The van der Waals surface area contributed by atoms with Gasteiger partial charge in [-0.15, -0.1) is 0 Å². The normalized spacial score (nSPS) is 22.6. The molecule has 0 spiro atoms. The quantitative estimate of drug-likeness (QED) is 0.907. The first-order chi connectivity index (χ1) is 8.83. The first kappa shape index (κ1) is 14.0. The maximum atomic E-state index is 13.4. The number of hydrogen-bond donors (Lipinski definition) is 1. The van der Waals surface area contributed by atoms with Gasteiger partial charge in [0.05, 0.1) is 9.89 Å². The molecule has 0 bridgehead atoms. The van der Waals surface area contributed by atoms with E-state index in [9.17, 15) is 14.0 Å². The lowest BCUT2D eigenvalue weighted by Gasteiger charge is -2.20. The maximum absolute atomic E-state index is 13.4. The standard InChI is InChI=1S/C13H13BrFNO3/c1-13(12(18)19)4-5-16(7-13)11(17)8-2-3-9(14)10(15)6-8/h2-3,6H,4-5,7H2,1H3,(H,18,19)/t13-/m0/s1. The van der Waals surface area contributed by atoms with Crippen molar-refractivity contribution in [3.8, 4) is 0 Å². The average molecular weight is 330 g/mol. The zero-order valence-electron chi connectivity index (χ0n) is 10.3. The molecule has 1 amide bonds. The summed E-state index contributed by atoms with van der Waals surface area (Å²) in [5.41, 5.74) is -0.681. The number of hydrogen-bond acceptors (Lipinski definition) is 2. The molecule has 1 aromatic rings. The zero-order valence-corrected chi connectivity index (χ0v) is 11.9. The minimum absolute atomic E-state index is 0.152. The molecule has 1 saturated heterocycles. The number of likely N-dealkylation sites (tertiary alicyclic amines) is 1. The fraction of sp³-hybridized carbons (Fsp3) is 0.385. The van der Waals surface area contributed by atoms with E-state index in [2.05, 4.69) is 15.9 Å². The molecular weight excluding hydrogens is 317 g/mol. The van der Waals surface area contributed by atoms with E-state index in [1.807, 2.05) is 0 Å². The number of rotatable bonds is 2. The van der Waals surface area contributed by atoms with Gasteiger partial charge < -0.3 is 10.0 Å². The SMILES string of the molecule is C[C@]1(C(=O)O)CCN(C(=O)c2ccc(Br)c(F)c2)C1. The third kappa shape index (κ3) is 2.63. The number of amides is 1. The Morgan fingerprint density at radius 1 is 1.47 bits per heavy atom. The fourth-order valence-electron chi connectivity index (χ4n) is 2.12. The highest BCUT2D eigenvalue weighted by Gasteiger charge is 2.42. The average Bonchev–Trinajstić information content (AvgIpc) is 2.76. The van der Waals surface area contributed by atoms with Crippen molar-refractivity contribution in [3.05, 3.63) is 34.1 Å². The van der Waals surface area contributed by atoms with E-state index in [1.165, 1.54) is 17.0 Å². The van der Waals surface area contributed by atoms with E-state index in [-0.39, 0.29) is 18.0 Å². The van der Waals surface area contributed by atoms with Gasteiger partial charge in [-0.05, 0) is 47.5 Å². The summed E-state index contributed by atoms with van der Waals surface area (Å²) < 4.78 is 13.7. The molecule has 1 aliphatic rings. The van der Waals surface area contributed by atoms with Gasteiger partial charge in [0.2, 0.25) is 0 Å². The third-order valence-corrected chi connectivity index (χ3v) is 4.09. The second-order valence-electron chi connectivity index (χ2n) is 4.97. The highest BCUT2D eigenvalue weighted by Crippen LogP contribution is 2.31. The third-order valence-electron chi connectivity index (χ3n) is 3.44. The molecule has 6 heteroatoms. The van der Waals surface area contributed by atoms with Crippen molar-refractivity contribution in [3.63, 3.8) is 0 Å². The van der Waals surface area contributed by atoms with Crippen LogP contribution in [0.25, 0.3) is 0 Å². The number of carbonyl (C=O) groups excluding carboxylic acids is 1. The van der Waals surface area contributed by atoms with Crippen LogP contribution in [0, 0.1) is 11.2 Å². The summed E-state index contributed by atoms with van der Waals surface area (Å²) in [7, 11) is 0. The van der Waals surface area contributed by atoms with Crippen molar-refractivity contribution in [1.29, 1.82) is 0 Å². The Bertz CT molecular complexity index is 549. The number of benzene rings is 1. The van der Waals surface area contributed by atoms with Gasteiger partial charge in [0.25, 0.3) is 5.91 Å². The Kier molecular flexibility index (Phi) is 3.62. The largest absolute Gasteiger partial charge is 0.481 e. The Morgan fingerprint density at radius 2 is 2.16 bits per heavy atom. The van der Waals surface area contributed by atoms with E-state index in [0.717, 1.165) is 6.07 Å². The first-order valence-electron chi connectivity index (χ1n) is 5.81. The van der Waals surface area contributed by atoms with Gasteiger partial charge >= 0.3 is 5.97 Å². The molecule has 19 heavy (non-hydrogen) atoms. The molecule has 1 N–H and O–H groups in total. The van der Waals surface area contributed by atoms with Crippen molar-refractivity contribution in [2.75, 3.05) is 13.1 Å². The maximum Gasteiger partial charge on any atom is 0.311 e. The van der Waals surface area contributed by atoms with Crippen LogP contribution in [0.1, 0.15) is 23.7 Å². The van der Waals surface area contributed by atoms with Crippen LogP contribution in [0.4, 0.5) is 4.39 Å². The monoisotopic (exact) mass is 329 g/mol. The predicted molar refractivity (Wildman–Crippen MR) is 70.4 cm³/mol. The van der Waals surface area contributed by atoms with Crippen molar-refractivity contribution < 1.29 is 19.1 Å². The van der Waals surface area contributed by atoms with E-state index in [4.69, 9.17) is 5.11 Å². The number of nitrogens with zero attached hydrogens (tertiary/aromatic N) is 1. The molecule has 0 unspecified atom stereocenters. The smallest absolute Gasteiger partial charge is 0.311 e. The molecule has 1 heterocycles. The lowest BCUT2D eigenvalue weighted by molar-refractivity contribution is -0.147. The molecule has 0 aliphatic carbocycles. The molecule has 0 saturated carbocycles. The molecule has 1 atom stereocenters. The van der Waals surface area contributed by atoms with Gasteiger partial charge in [0.15, 0.2) is 0 Å². The Hall–Kier alpha value is -1.43. The Balaban J connectivity index is 2.18. The second-order valence-corrected chi connectivity index (χ2v) is 5.83. The summed E-state index contributed by atoms with van der Waals surface area (Å²) in [6.07, 6.45) is 0.410. The van der Waals surface area contributed by atoms with E-state index in [1.54, 1.807) is 6.92 Å². The van der Waals surface area contributed by atoms with Crippen LogP contribution in [0.15, 0.2) is 22.7 Å².